The summed E-state index contributed by atoms with van der Waals surface area (Å²) in [6.45, 7) is 1.61. The number of Topliss-reactive ketones (excluding diaryl/α,β-unsaturated/α-hetero) is 1. The lowest BCUT2D eigenvalue weighted by Crippen LogP contribution is -2.29. The number of carbonyl (C=O) groups excluding carboxylic acids is 1. The van der Waals surface area contributed by atoms with Gasteiger partial charge in [0.15, 0.2) is 0 Å². The molecule has 1 unspecified atom stereocenters. The molecule has 0 aliphatic carbocycles. The number of aromatic hydroxyl groups is 1. The number of ketones is 1. The third-order valence-electron chi connectivity index (χ3n) is 3.02. The Balaban J connectivity index is 2.29. The fourth-order valence-corrected chi connectivity index (χ4v) is 2.21. The molecule has 15 heavy (non-hydrogen) atoms. The van der Waals surface area contributed by atoms with Crippen molar-refractivity contribution in [3.05, 3.63) is 23.8 Å². The number of hydrogen-bond acceptors (Lipinski definition) is 3. The number of anilines is 1. The van der Waals surface area contributed by atoms with Gasteiger partial charge in [0, 0.05) is 30.8 Å². The molecule has 3 nitrogen and oxygen atoms in total. The van der Waals surface area contributed by atoms with Gasteiger partial charge in [0.1, 0.15) is 11.5 Å². The minimum absolute atomic E-state index is 0.194. The molecule has 0 saturated heterocycles. The smallest absolute Gasteiger partial charge is 0.131 e. The fraction of sp³-hybridized carbons (Fsp3) is 0.417. The van der Waals surface area contributed by atoms with Gasteiger partial charge < -0.3 is 10.0 Å². The number of likely N-dealkylation sites (N-methyl/N-ethyl adjacent to an activating group) is 1. The highest BCUT2D eigenvalue weighted by molar-refractivity contribution is 5.78. The highest BCUT2D eigenvalue weighted by Gasteiger charge is 2.28. The van der Waals surface area contributed by atoms with Gasteiger partial charge in [0.25, 0.3) is 0 Å². The summed E-state index contributed by atoms with van der Waals surface area (Å²) < 4.78 is 0. The molecule has 1 aromatic carbocycles. The van der Waals surface area contributed by atoms with E-state index in [4.69, 9.17) is 0 Å². The zero-order chi connectivity index (χ0) is 11.0. The summed E-state index contributed by atoms with van der Waals surface area (Å²) in [5.74, 6) is 0.532. The molecule has 1 aliphatic heterocycles. The standard InChI is InChI=1S/C12H15NO2/c1-8(14)6-9-7-10-11(13(9)2)4-3-5-12(10)15/h3-5,9,15H,6-7H2,1-2H3. The van der Waals surface area contributed by atoms with Gasteiger partial charge in [-0.05, 0) is 25.5 Å². The Kier molecular flexibility index (Phi) is 2.39. The molecule has 1 aliphatic rings. The second-order valence-corrected chi connectivity index (χ2v) is 4.15. The van der Waals surface area contributed by atoms with Gasteiger partial charge in [0.2, 0.25) is 0 Å². The first-order valence-corrected chi connectivity index (χ1v) is 5.12. The van der Waals surface area contributed by atoms with Crippen molar-refractivity contribution < 1.29 is 9.90 Å². The molecular weight excluding hydrogens is 190 g/mol. The number of phenolic OH excluding ortho intramolecular Hbond substituents is 1. The van der Waals surface area contributed by atoms with E-state index in [2.05, 4.69) is 4.90 Å². The van der Waals surface area contributed by atoms with Crippen LogP contribution in [0.4, 0.5) is 5.69 Å². The topological polar surface area (TPSA) is 40.5 Å². The van der Waals surface area contributed by atoms with Crippen LogP contribution in [0.1, 0.15) is 18.9 Å². The van der Waals surface area contributed by atoms with E-state index in [9.17, 15) is 9.90 Å². The highest BCUT2D eigenvalue weighted by Crippen LogP contribution is 2.37. The van der Waals surface area contributed by atoms with Crippen LogP contribution in [0, 0.1) is 0 Å². The van der Waals surface area contributed by atoms with Gasteiger partial charge in [-0.2, -0.15) is 0 Å². The maximum atomic E-state index is 11.1. The Morgan fingerprint density at radius 2 is 2.33 bits per heavy atom. The van der Waals surface area contributed by atoms with Gasteiger partial charge in [-0.25, -0.2) is 0 Å². The summed E-state index contributed by atoms with van der Waals surface area (Å²) in [4.78, 5) is 13.2. The maximum absolute atomic E-state index is 11.1. The molecule has 1 atom stereocenters. The van der Waals surface area contributed by atoms with Crippen molar-refractivity contribution in [3.63, 3.8) is 0 Å². The molecule has 3 heteroatoms. The van der Waals surface area contributed by atoms with Crippen molar-refractivity contribution >= 4 is 11.5 Å². The van der Waals surface area contributed by atoms with E-state index < -0.39 is 0 Å². The summed E-state index contributed by atoms with van der Waals surface area (Å²) >= 11 is 0. The second kappa shape index (κ2) is 3.57. The van der Waals surface area contributed by atoms with Crippen molar-refractivity contribution in [1.82, 2.24) is 0 Å². The van der Waals surface area contributed by atoms with Crippen LogP contribution < -0.4 is 4.90 Å². The number of carbonyl (C=O) groups is 1. The summed E-state index contributed by atoms with van der Waals surface area (Å²) in [6.07, 6.45) is 1.31. The predicted octanol–water partition coefficient (Wildman–Crippen LogP) is 1.73. The Labute approximate surface area is 89.3 Å². The van der Waals surface area contributed by atoms with Gasteiger partial charge in [0.05, 0.1) is 0 Å². The summed E-state index contributed by atoms with van der Waals surface area (Å²) in [5.41, 5.74) is 2.01. The van der Waals surface area contributed by atoms with Crippen molar-refractivity contribution in [2.45, 2.75) is 25.8 Å². The fourth-order valence-electron chi connectivity index (χ4n) is 2.21. The van der Waals surface area contributed by atoms with Gasteiger partial charge in [-0.1, -0.05) is 6.07 Å². The second-order valence-electron chi connectivity index (χ2n) is 4.15. The Bertz CT molecular complexity index is 401. The zero-order valence-corrected chi connectivity index (χ0v) is 9.03. The third kappa shape index (κ3) is 1.69. The van der Waals surface area contributed by atoms with E-state index in [0.717, 1.165) is 17.7 Å². The number of hydrogen-bond donors (Lipinski definition) is 1. The molecular formula is C12H15NO2. The molecule has 80 valence electrons. The Morgan fingerprint density at radius 1 is 1.60 bits per heavy atom. The predicted molar refractivity (Wildman–Crippen MR) is 59.3 cm³/mol. The van der Waals surface area contributed by atoms with Gasteiger partial charge in [-0.15, -0.1) is 0 Å². The molecule has 2 rings (SSSR count). The van der Waals surface area contributed by atoms with Crippen LogP contribution in [-0.4, -0.2) is 24.0 Å². The SMILES string of the molecule is CC(=O)CC1Cc2c(O)cccc2N1C. The van der Waals surface area contributed by atoms with Gasteiger partial charge in [-0.3, -0.25) is 4.79 Å². The molecule has 0 aromatic heterocycles. The molecule has 1 heterocycles. The number of benzene rings is 1. The molecule has 0 saturated carbocycles. The molecule has 1 N–H and O–H groups in total. The third-order valence-corrected chi connectivity index (χ3v) is 3.02. The number of fused-ring (bicyclic) bond motifs is 1. The summed E-state index contributed by atoms with van der Waals surface area (Å²) in [5, 5.41) is 9.69. The highest BCUT2D eigenvalue weighted by atomic mass is 16.3. The maximum Gasteiger partial charge on any atom is 0.131 e. The number of rotatable bonds is 2. The normalized spacial score (nSPS) is 19.1. The average Bonchev–Trinajstić information content (AvgIpc) is 2.46. The van der Waals surface area contributed by atoms with E-state index in [0.29, 0.717) is 12.2 Å². The quantitative estimate of drug-likeness (QED) is 0.799. The molecule has 0 amide bonds. The number of nitrogens with zero attached hydrogens (tertiary/aromatic N) is 1. The van der Waals surface area contributed by atoms with Crippen LogP contribution in [0.25, 0.3) is 0 Å². The van der Waals surface area contributed by atoms with Crippen LogP contribution in [0.5, 0.6) is 5.75 Å². The average molecular weight is 205 g/mol. The van der Waals surface area contributed by atoms with Crippen LogP contribution in [0.15, 0.2) is 18.2 Å². The summed E-state index contributed by atoms with van der Waals surface area (Å²) in [7, 11) is 1.97. The van der Waals surface area contributed by atoms with Crippen molar-refractivity contribution in [1.29, 1.82) is 0 Å². The van der Waals surface area contributed by atoms with Crippen molar-refractivity contribution in [3.8, 4) is 5.75 Å². The minimum atomic E-state index is 0.194. The zero-order valence-electron chi connectivity index (χ0n) is 9.03. The lowest BCUT2D eigenvalue weighted by atomic mass is 10.1. The molecule has 1 aromatic rings. The van der Waals surface area contributed by atoms with Crippen LogP contribution in [-0.2, 0) is 11.2 Å². The van der Waals surface area contributed by atoms with E-state index >= 15 is 0 Å². The van der Waals surface area contributed by atoms with E-state index in [1.54, 1.807) is 13.0 Å². The van der Waals surface area contributed by atoms with Crippen LogP contribution in [0.3, 0.4) is 0 Å². The Morgan fingerprint density at radius 3 is 2.93 bits per heavy atom. The first-order valence-electron chi connectivity index (χ1n) is 5.12. The molecule has 0 spiro atoms. The Hall–Kier alpha value is -1.51. The first kappa shape index (κ1) is 10.0. The van der Waals surface area contributed by atoms with E-state index in [-0.39, 0.29) is 11.8 Å². The van der Waals surface area contributed by atoms with Gasteiger partial charge >= 0.3 is 0 Å². The van der Waals surface area contributed by atoms with Crippen LogP contribution >= 0.6 is 0 Å². The van der Waals surface area contributed by atoms with Crippen molar-refractivity contribution in [2.24, 2.45) is 0 Å². The van der Waals surface area contributed by atoms with Crippen molar-refractivity contribution in [2.75, 3.05) is 11.9 Å². The molecule has 0 fully saturated rings. The monoisotopic (exact) mass is 205 g/mol. The van der Waals surface area contributed by atoms with E-state index in [1.807, 2.05) is 19.2 Å². The first-order chi connectivity index (χ1) is 7.09. The largest absolute Gasteiger partial charge is 0.508 e. The summed E-state index contributed by atoms with van der Waals surface area (Å²) in [6, 6.07) is 5.71. The number of phenols is 1. The molecule has 0 radical (unpaired) electrons. The lowest BCUT2D eigenvalue weighted by molar-refractivity contribution is -0.117. The van der Waals surface area contributed by atoms with Crippen LogP contribution in [0.2, 0.25) is 0 Å². The molecule has 0 bridgehead atoms. The lowest BCUT2D eigenvalue weighted by Gasteiger charge is -2.21. The van der Waals surface area contributed by atoms with E-state index in [1.165, 1.54) is 0 Å². The minimum Gasteiger partial charge on any atom is -0.508 e.